The number of rotatable bonds is 4. The van der Waals surface area contributed by atoms with Crippen molar-refractivity contribution >= 4 is 17.3 Å². The zero-order valence-electron chi connectivity index (χ0n) is 13.6. The van der Waals surface area contributed by atoms with Gasteiger partial charge in [-0.3, -0.25) is 4.79 Å². The highest BCUT2D eigenvalue weighted by Crippen LogP contribution is 2.44. The molecule has 2 aliphatic rings. The van der Waals surface area contributed by atoms with Gasteiger partial charge in [-0.15, -0.1) is 0 Å². The summed E-state index contributed by atoms with van der Waals surface area (Å²) in [5, 5.41) is 12.1. The van der Waals surface area contributed by atoms with E-state index in [0.29, 0.717) is 30.9 Å². The highest BCUT2D eigenvalue weighted by Gasteiger charge is 2.61. The van der Waals surface area contributed by atoms with Crippen LogP contribution in [-0.4, -0.2) is 48.8 Å². The third-order valence-corrected chi connectivity index (χ3v) is 4.88. The standard InChI is InChI=1S/C17H22F2N2O3/c1-12-11-13(21-7-9-24-10-8-21)3-4-14(12)20-15(22)17(18,19)16(23)5-2-6-16/h3-4,11,23H,2,5-10H2,1H3,(H,20,22). The normalized spacial score (nSPS) is 20.4. The Kier molecular flexibility index (Phi) is 4.48. The molecule has 2 fully saturated rings. The number of carbonyl (C=O) groups excluding carboxylic acids is 1. The van der Waals surface area contributed by atoms with Crippen molar-refractivity contribution in [3.8, 4) is 0 Å². The zero-order chi connectivity index (χ0) is 17.4. The minimum absolute atomic E-state index is 0.0532. The maximum absolute atomic E-state index is 14.1. The number of alkyl halides is 2. The molecule has 1 aliphatic carbocycles. The number of aliphatic hydroxyl groups is 1. The number of hydrogen-bond acceptors (Lipinski definition) is 4. The molecule has 0 radical (unpaired) electrons. The number of halogens is 2. The summed E-state index contributed by atoms with van der Waals surface area (Å²) >= 11 is 0. The average Bonchev–Trinajstić information content (AvgIpc) is 2.55. The van der Waals surface area contributed by atoms with Crippen LogP contribution in [0.1, 0.15) is 24.8 Å². The van der Waals surface area contributed by atoms with Gasteiger partial charge in [0, 0.05) is 24.5 Å². The number of benzene rings is 1. The average molecular weight is 340 g/mol. The van der Waals surface area contributed by atoms with E-state index in [-0.39, 0.29) is 12.8 Å². The SMILES string of the molecule is Cc1cc(N2CCOCC2)ccc1NC(=O)C(F)(F)C1(O)CCC1. The van der Waals surface area contributed by atoms with Gasteiger partial charge in [-0.2, -0.15) is 8.78 Å². The van der Waals surface area contributed by atoms with Crippen molar-refractivity contribution < 1.29 is 23.4 Å². The lowest BCUT2D eigenvalue weighted by Crippen LogP contribution is -2.59. The molecule has 0 unspecified atom stereocenters. The van der Waals surface area contributed by atoms with E-state index in [4.69, 9.17) is 4.74 Å². The van der Waals surface area contributed by atoms with Gasteiger partial charge in [-0.05, 0) is 49.9 Å². The number of amides is 1. The van der Waals surface area contributed by atoms with Crippen molar-refractivity contribution in [3.05, 3.63) is 23.8 Å². The summed E-state index contributed by atoms with van der Waals surface area (Å²) in [5.41, 5.74) is -0.208. The molecule has 5 nitrogen and oxygen atoms in total. The second-order valence-corrected chi connectivity index (χ2v) is 6.51. The molecule has 1 heterocycles. The van der Waals surface area contributed by atoms with Crippen LogP contribution >= 0.6 is 0 Å². The van der Waals surface area contributed by atoms with Crippen molar-refractivity contribution in [2.75, 3.05) is 36.5 Å². The Bertz CT molecular complexity index is 626. The van der Waals surface area contributed by atoms with Crippen molar-refractivity contribution in [1.82, 2.24) is 0 Å². The van der Waals surface area contributed by atoms with Crippen LogP contribution in [0, 0.1) is 6.92 Å². The van der Waals surface area contributed by atoms with Crippen LogP contribution in [0.3, 0.4) is 0 Å². The summed E-state index contributed by atoms with van der Waals surface area (Å²) in [6.45, 7) is 4.62. The maximum atomic E-state index is 14.1. The number of morpholine rings is 1. The van der Waals surface area contributed by atoms with E-state index >= 15 is 0 Å². The van der Waals surface area contributed by atoms with Crippen molar-refractivity contribution in [2.24, 2.45) is 0 Å². The number of ether oxygens (including phenoxy) is 1. The van der Waals surface area contributed by atoms with E-state index in [1.807, 2.05) is 6.07 Å². The number of hydrogen-bond donors (Lipinski definition) is 2. The molecule has 1 amide bonds. The molecule has 24 heavy (non-hydrogen) atoms. The molecule has 1 aromatic rings. The van der Waals surface area contributed by atoms with Crippen LogP contribution in [-0.2, 0) is 9.53 Å². The van der Waals surface area contributed by atoms with E-state index in [9.17, 15) is 18.7 Å². The molecule has 132 valence electrons. The third kappa shape index (κ3) is 2.98. The first-order valence-electron chi connectivity index (χ1n) is 8.18. The lowest BCUT2D eigenvalue weighted by Gasteiger charge is -2.41. The largest absolute Gasteiger partial charge is 0.383 e. The first-order valence-corrected chi connectivity index (χ1v) is 8.18. The summed E-state index contributed by atoms with van der Waals surface area (Å²) < 4.78 is 33.6. The van der Waals surface area contributed by atoms with E-state index in [2.05, 4.69) is 10.2 Å². The summed E-state index contributed by atoms with van der Waals surface area (Å²) in [5.74, 6) is -5.24. The molecule has 1 aliphatic heterocycles. The molecule has 0 aromatic heterocycles. The number of nitrogens with zero attached hydrogens (tertiary/aromatic N) is 1. The van der Waals surface area contributed by atoms with Crippen LogP contribution in [0.5, 0.6) is 0 Å². The maximum Gasteiger partial charge on any atom is 0.352 e. The lowest BCUT2D eigenvalue weighted by molar-refractivity contribution is -0.212. The minimum Gasteiger partial charge on any atom is -0.383 e. The predicted octanol–water partition coefficient (Wildman–Crippen LogP) is 2.32. The van der Waals surface area contributed by atoms with Crippen LogP contribution in [0.15, 0.2) is 18.2 Å². The topological polar surface area (TPSA) is 61.8 Å². The minimum atomic E-state index is -3.79. The second kappa shape index (κ2) is 6.29. The third-order valence-electron chi connectivity index (χ3n) is 4.88. The Morgan fingerprint density at radius 1 is 1.33 bits per heavy atom. The van der Waals surface area contributed by atoms with E-state index in [1.54, 1.807) is 19.1 Å². The van der Waals surface area contributed by atoms with Gasteiger partial charge in [0.1, 0.15) is 5.60 Å². The Morgan fingerprint density at radius 3 is 2.54 bits per heavy atom. The smallest absolute Gasteiger partial charge is 0.352 e. The summed E-state index contributed by atoms with van der Waals surface area (Å²) in [4.78, 5) is 14.1. The molecule has 7 heteroatoms. The van der Waals surface area contributed by atoms with Gasteiger partial charge in [0.15, 0.2) is 0 Å². The van der Waals surface area contributed by atoms with Crippen molar-refractivity contribution in [3.63, 3.8) is 0 Å². The number of carbonyl (C=O) groups is 1. The van der Waals surface area contributed by atoms with Crippen molar-refractivity contribution in [2.45, 2.75) is 37.7 Å². The molecule has 0 spiro atoms. The zero-order valence-corrected chi connectivity index (χ0v) is 13.6. The molecular formula is C17H22F2N2O3. The van der Waals surface area contributed by atoms with Gasteiger partial charge in [0.2, 0.25) is 0 Å². The van der Waals surface area contributed by atoms with Crippen LogP contribution < -0.4 is 10.2 Å². The summed E-state index contributed by atoms with van der Waals surface area (Å²) in [6.07, 6.45) is 0.400. The lowest BCUT2D eigenvalue weighted by atomic mass is 9.75. The van der Waals surface area contributed by atoms with Gasteiger partial charge in [0.25, 0.3) is 5.91 Å². The fourth-order valence-corrected chi connectivity index (χ4v) is 3.04. The number of anilines is 2. The van der Waals surface area contributed by atoms with Crippen LogP contribution in [0.25, 0.3) is 0 Å². The van der Waals surface area contributed by atoms with Crippen LogP contribution in [0.4, 0.5) is 20.2 Å². The van der Waals surface area contributed by atoms with Gasteiger partial charge >= 0.3 is 5.92 Å². The Hall–Kier alpha value is -1.73. The number of nitrogens with one attached hydrogen (secondary N) is 1. The van der Waals surface area contributed by atoms with Gasteiger partial charge in [-0.1, -0.05) is 0 Å². The van der Waals surface area contributed by atoms with Gasteiger partial charge in [0.05, 0.1) is 13.2 Å². The van der Waals surface area contributed by atoms with Gasteiger partial charge in [-0.25, -0.2) is 0 Å². The molecule has 1 saturated heterocycles. The highest BCUT2D eigenvalue weighted by molar-refractivity contribution is 5.98. The first-order chi connectivity index (χ1) is 11.3. The van der Waals surface area contributed by atoms with E-state index < -0.39 is 17.4 Å². The fraction of sp³-hybridized carbons (Fsp3) is 0.588. The Balaban J connectivity index is 1.72. The molecule has 2 N–H and O–H groups in total. The molecule has 3 rings (SSSR count). The monoisotopic (exact) mass is 340 g/mol. The molecule has 0 atom stereocenters. The summed E-state index contributed by atoms with van der Waals surface area (Å²) in [6, 6.07) is 5.28. The molecule has 1 aromatic carbocycles. The van der Waals surface area contributed by atoms with E-state index in [0.717, 1.165) is 18.8 Å². The molecular weight excluding hydrogens is 318 g/mol. The number of aryl methyl sites for hydroxylation is 1. The molecule has 0 bridgehead atoms. The van der Waals surface area contributed by atoms with Crippen LogP contribution in [0.2, 0.25) is 0 Å². The summed E-state index contributed by atoms with van der Waals surface area (Å²) in [7, 11) is 0. The van der Waals surface area contributed by atoms with E-state index in [1.165, 1.54) is 0 Å². The van der Waals surface area contributed by atoms with Crippen molar-refractivity contribution in [1.29, 1.82) is 0 Å². The first kappa shape index (κ1) is 17.1. The predicted molar refractivity (Wildman–Crippen MR) is 86.6 cm³/mol. The molecule has 1 saturated carbocycles. The quantitative estimate of drug-likeness (QED) is 0.883. The Morgan fingerprint density at radius 2 is 2.00 bits per heavy atom. The second-order valence-electron chi connectivity index (χ2n) is 6.51. The fourth-order valence-electron chi connectivity index (χ4n) is 3.04. The Labute approximate surface area is 139 Å². The highest BCUT2D eigenvalue weighted by atomic mass is 19.3. The van der Waals surface area contributed by atoms with Gasteiger partial charge < -0.3 is 20.1 Å².